The normalized spacial score (nSPS) is 12.3. The van der Waals surface area contributed by atoms with Gasteiger partial charge in [-0.3, -0.25) is 0 Å². The van der Waals surface area contributed by atoms with Crippen molar-refractivity contribution in [1.82, 2.24) is 5.32 Å². The van der Waals surface area contributed by atoms with Crippen LogP contribution in [0.5, 0.6) is 0 Å². The van der Waals surface area contributed by atoms with Crippen LogP contribution < -0.4 is 11.1 Å². The summed E-state index contributed by atoms with van der Waals surface area (Å²) >= 11 is 0. The second-order valence-corrected chi connectivity index (χ2v) is 2.21. The van der Waals surface area contributed by atoms with E-state index in [1.807, 2.05) is 6.92 Å². The molecule has 0 bridgehead atoms. The molecule has 0 aromatic rings. The highest BCUT2D eigenvalue weighted by Crippen LogP contribution is 1.86. The quantitative estimate of drug-likeness (QED) is 0.586. The van der Waals surface area contributed by atoms with Crippen LogP contribution in [-0.2, 0) is 4.74 Å². The molecule has 0 saturated carbocycles. The second kappa shape index (κ2) is 5.05. The number of hydrogen-bond donors (Lipinski definition) is 2. The van der Waals surface area contributed by atoms with Crippen molar-refractivity contribution in [1.29, 1.82) is 0 Å². The lowest BCUT2D eigenvalue weighted by molar-refractivity contribution is 0.169. The summed E-state index contributed by atoms with van der Waals surface area (Å²) in [6.07, 6.45) is -0.403. The maximum atomic E-state index is 10.5. The fraction of sp³-hybridized carbons (Fsp3) is 0.833. The van der Waals surface area contributed by atoms with Gasteiger partial charge in [0.2, 0.25) is 0 Å². The molecule has 0 aliphatic rings. The molecule has 10 heavy (non-hydrogen) atoms. The van der Waals surface area contributed by atoms with Crippen molar-refractivity contribution in [3.05, 3.63) is 0 Å². The number of carbonyl (C=O) groups is 1. The summed E-state index contributed by atoms with van der Waals surface area (Å²) in [5, 5.41) is 2.54. The fourth-order valence-electron chi connectivity index (χ4n) is 0.413. The molecule has 0 heterocycles. The topological polar surface area (TPSA) is 64.3 Å². The molecule has 0 aliphatic heterocycles. The molecule has 4 heteroatoms. The Morgan fingerprint density at radius 2 is 2.40 bits per heavy atom. The predicted octanol–water partition coefficient (Wildman–Crippen LogP) is -0.0628. The number of rotatable bonds is 3. The van der Waals surface area contributed by atoms with Gasteiger partial charge in [0.25, 0.3) is 0 Å². The number of methoxy groups -OCH3 is 1. The van der Waals surface area contributed by atoms with Gasteiger partial charge >= 0.3 is 6.09 Å². The van der Waals surface area contributed by atoms with Crippen molar-refractivity contribution in [3.63, 3.8) is 0 Å². The van der Waals surface area contributed by atoms with Crippen LogP contribution in [0, 0.1) is 5.92 Å². The molecule has 4 nitrogen and oxygen atoms in total. The SMILES string of the molecule is COC(=O)NCC(C)CN. The highest BCUT2D eigenvalue weighted by molar-refractivity contribution is 5.66. The summed E-state index contributed by atoms with van der Waals surface area (Å²) in [5.74, 6) is 0.305. The van der Waals surface area contributed by atoms with Crippen LogP contribution >= 0.6 is 0 Å². The molecule has 1 amide bonds. The third-order valence-corrected chi connectivity index (χ3v) is 1.18. The van der Waals surface area contributed by atoms with Gasteiger partial charge in [0.15, 0.2) is 0 Å². The molecule has 0 aromatic heterocycles. The van der Waals surface area contributed by atoms with Crippen LogP contribution in [0.2, 0.25) is 0 Å². The number of alkyl carbamates (subject to hydrolysis) is 1. The van der Waals surface area contributed by atoms with Gasteiger partial charge in [-0.15, -0.1) is 0 Å². The molecular weight excluding hydrogens is 132 g/mol. The van der Waals surface area contributed by atoms with Crippen molar-refractivity contribution >= 4 is 6.09 Å². The lowest BCUT2D eigenvalue weighted by Gasteiger charge is -2.07. The molecule has 1 atom stereocenters. The summed E-state index contributed by atoms with van der Waals surface area (Å²) in [6.45, 7) is 3.10. The Kier molecular flexibility index (Phi) is 4.66. The Morgan fingerprint density at radius 1 is 1.80 bits per heavy atom. The summed E-state index contributed by atoms with van der Waals surface area (Å²) < 4.78 is 4.35. The van der Waals surface area contributed by atoms with Gasteiger partial charge in [0.05, 0.1) is 7.11 Å². The summed E-state index contributed by atoms with van der Waals surface area (Å²) in [6, 6.07) is 0. The molecular formula is C6H14N2O2. The van der Waals surface area contributed by atoms with Gasteiger partial charge < -0.3 is 15.8 Å². The largest absolute Gasteiger partial charge is 0.453 e. The minimum Gasteiger partial charge on any atom is -0.453 e. The van der Waals surface area contributed by atoms with E-state index >= 15 is 0 Å². The third-order valence-electron chi connectivity index (χ3n) is 1.18. The second-order valence-electron chi connectivity index (χ2n) is 2.21. The maximum absolute atomic E-state index is 10.5. The minimum absolute atomic E-state index is 0.305. The van der Waals surface area contributed by atoms with Crippen molar-refractivity contribution in [2.45, 2.75) is 6.92 Å². The Labute approximate surface area is 60.7 Å². The molecule has 60 valence electrons. The summed E-state index contributed by atoms with van der Waals surface area (Å²) in [7, 11) is 1.34. The van der Waals surface area contributed by atoms with Gasteiger partial charge in [-0.25, -0.2) is 4.79 Å². The van der Waals surface area contributed by atoms with Crippen molar-refractivity contribution in [3.8, 4) is 0 Å². The number of nitrogens with two attached hydrogens (primary N) is 1. The van der Waals surface area contributed by atoms with E-state index < -0.39 is 6.09 Å². The number of nitrogens with one attached hydrogen (secondary N) is 1. The molecule has 0 aliphatic carbocycles. The molecule has 0 rings (SSSR count). The molecule has 0 radical (unpaired) electrons. The van der Waals surface area contributed by atoms with Crippen LogP contribution in [0.25, 0.3) is 0 Å². The van der Waals surface area contributed by atoms with E-state index in [0.29, 0.717) is 19.0 Å². The number of amides is 1. The lowest BCUT2D eigenvalue weighted by atomic mass is 10.2. The predicted molar refractivity (Wildman–Crippen MR) is 38.6 cm³/mol. The van der Waals surface area contributed by atoms with Crippen LogP contribution in [0.15, 0.2) is 0 Å². The first-order valence-electron chi connectivity index (χ1n) is 3.22. The zero-order chi connectivity index (χ0) is 7.98. The molecule has 0 fully saturated rings. The Morgan fingerprint density at radius 3 is 2.80 bits per heavy atom. The van der Waals surface area contributed by atoms with Gasteiger partial charge in [0.1, 0.15) is 0 Å². The smallest absolute Gasteiger partial charge is 0.406 e. The van der Waals surface area contributed by atoms with Gasteiger partial charge in [-0.2, -0.15) is 0 Å². The highest BCUT2D eigenvalue weighted by Gasteiger charge is 2.01. The van der Waals surface area contributed by atoms with Crippen molar-refractivity contribution in [2.75, 3.05) is 20.2 Å². The monoisotopic (exact) mass is 146 g/mol. The van der Waals surface area contributed by atoms with Gasteiger partial charge in [-0.05, 0) is 12.5 Å². The van der Waals surface area contributed by atoms with Crippen LogP contribution in [0.3, 0.4) is 0 Å². The first-order chi connectivity index (χ1) is 4.70. The average molecular weight is 146 g/mol. The van der Waals surface area contributed by atoms with E-state index in [2.05, 4.69) is 10.1 Å². The van der Waals surface area contributed by atoms with E-state index in [4.69, 9.17) is 5.73 Å². The minimum atomic E-state index is -0.403. The molecule has 1 unspecified atom stereocenters. The van der Waals surface area contributed by atoms with E-state index in [1.54, 1.807) is 0 Å². The fourth-order valence-corrected chi connectivity index (χ4v) is 0.413. The Bertz CT molecular complexity index is 106. The van der Waals surface area contributed by atoms with E-state index in [9.17, 15) is 4.79 Å². The van der Waals surface area contributed by atoms with Crippen LogP contribution in [0.1, 0.15) is 6.92 Å². The molecule has 3 N–H and O–H groups in total. The number of ether oxygens (including phenoxy) is 1. The third kappa shape index (κ3) is 4.14. The zero-order valence-corrected chi connectivity index (χ0v) is 6.39. The van der Waals surface area contributed by atoms with Crippen molar-refractivity contribution in [2.24, 2.45) is 11.7 Å². The van der Waals surface area contributed by atoms with E-state index in [1.165, 1.54) is 7.11 Å². The molecule has 0 saturated heterocycles. The summed E-state index contributed by atoms with van der Waals surface area (Å²) in [4.78, 5) is 10.5. The first kappa shape index (κ1) is 9.23. The molecule has 0 spiro atoms. The van der Waals surface area contributed by atoms with E-state index in [0.717, 1.165) is 0 Å². The van der Waals surface area contributed by atoms with Gasteiger partial charge in [0, 0.05) is 6.54 Å². The summed E-state index contributed by atoms with van der Waals surface area (Å²) in [5.41, 5.74) is 5.31. The van der Waals surface area contributed by atoms with Crippen LogP contribution in [0.4, 0.5) is 4.79 Å². The Hall–Kier alpha value is -0.770. The van der Waals surface area contributed by atoms with Crippen molar-refractivity contribution < 1.29 is 9.53 Å². The number of carbonyl (C=O) groups excluding carboxylic acids is 1. The highest BCUT2D eigenvalue weighted by atomic mass is 16.5. The zero-order valence-electron chi connectivity index (χ0n) is 6.39. The van der Waals surface area contributed by atoms with Gasteiger partial charge in [-0.1, -0.05) is 6.92 Å². The van der Waals surface area contributed by atoms with Crippen LogP contribution in [-0.4, -0.2) is 26.3 Å². The lowest BCUT2D eigenvalue weighted by Crippen LogP contribution is -2.30. The average Bonchev–Trinajstić information content (AvgIpc) is 1.99. The standard InChI is InChI=1S/C6H14N2O2/c1-5(3-7)4-8-6(9)10-2/h5H,3-4,7H2,1-2H3,(H,8,9). The first-order valence-corrected chi connectivity index (χ1v) is 3.22. The Balaban J connectivity index is 3.26. The molecule has 0 aromatic carbocycles. The maximum Gasteiger partial charge on any atom is 0.406 e. The number of hydrogen-bond acceptors (Lipinski definition) is 3. The van der Waals surface area contributed by atoms with E-state index in [-0.39, 0.29) is 0 Å².